The summed E-state index contributed by atoms with van der Waals surface area (Å²) in [5.41, 5.74) is 0. The summed E-state index contributed by atoms with van der Waals surface area (Å²) >= 11 is 37.1. The zero-order valence-electron chi connectivity index (χ0n) is 8.65. The van der Waals surface area contributed by atoms with E-state index < -0.39 is 26.2 Å². The van der Waals surface area contributed by atoms with Gasteiger partial charge in [-0.1, -0.05) is 53.0 Å². The average molecular weight is 371 g/mol. The van der Waals surface area contributed by atoms with E-state index in [1.807, 2.05) is 0 Å². The largest absolute Gasteiger partial charge is 0.457 e. The number of carbonyl (C=O) groups excluding carboxylic acids is 1. The second-order valence-corrected chi connectivity index (χ2v) is 7.37. The lowest BCUT2D eigenvalue weighted by Crippen LogP contribution is -2.46. The molecule has 8 heteroatoms. The number of allylic oxidation sites excluding steroid dienone is 1. The van der Waals surface area contributed by atoms with Crippen LogP contribution in [0.25, 0.3) is 0 Å². The van der Waals surface area contributed by atoms with Crippen LogP contribution >= 0.6 is 69.6 Å². The van der Waals surface area contributed by atoms with Crippen LogP contribution in [0.3, 0.4) is 0 Å². The maximum Gasteiger partial charge on any atom is 0.330 e. The number of ether oxygens (including phenoxy) is 1. The van der Waals surface area contributed by atoms with E-state index in [4.69, 9.17) is 74.3 Å². The first-order valence-corrected chi connectivity index (χ1v) is 7.04. The van der Waals surface area contributed by atoms with E-state index in [2.05, 4.69) is 6.58 Å². The number of fused-ring (bicyclic) bond motifs is 2. The van der Waals surface area contributed by atoms with Crippen LogP contribution in [-0.2, 0) is 9.53 Å². The molecule has 2 aliphatic rings. The zero-order valence-corrected chi connectivity index (χ0v) is 13.2. The van der Waals surface area contributed by atoms with E-state index in [-0.39, 0.29) is 16.5 Å². The molecule has 0 aromatic heterocycles. The maximum atomic E-state index is 11.3. The SMILES string of the molecule is C=CC(=O)OC1CC2(Cl)C(Cl)=C(Cl)C1(Cl)C2(Cl)Cl. The second-order valence-electron chi connectivity index (χ2n) is 4.05. The highest BCUT2D eigenvalue weighted by Gasteiger charge is 2.79. The van der Waals surface area contributed by atoms with Crippen LogP contribution in [0.15, 0.2) is 22.7 Å². The van der Waals surface area contributed by atoms with E-state index in [0.29, 0.717) is 0 Å². The van der Waals surface area contributed by atoms with Crippen LogP contribution < -0.4 is 0 Å². The minimum Gasteiger partial charge on any atom is -0.457 e. The molecule has 0 heterocycles. The van der Waals surface area contributed by atoms with Gasteiger partial charge in [-0.2, -0.15) is 0 Å². The molecule has 1 saturated carbocycles. The summed E-state index contributed by atoms with van der Waals surface area (Å²) in [6.45, 7) is 3.29. The molecular formula is C10H6Cl6O2. The standard InChI is InChI=1S/C10H6Cl6O2/c1-2-5(17)18-4-3-8(13)6(11)7(12)9(4,14)10(8,15)16/h2,4H,1,3H2. The molecule has 2 aliphatic carbocycles. The second kappa shape index (κ2) is 4.34. The Morgan fingerprint density at radius 1 is 1.28 bits per heavy atom. The first-order valence-electron chi connectivity index (χ1n) is 4.78. The Kier molecular flexibility index (Phi) is 3.64. The van der Waals surface area contributed by atoms with E-state index in [9.17, 15) is 4.79 Å². The van der Waals surface area contributed by atoms with Crippen molar-refractivity contribution >= 4 is 75.6 Å². The topological polar surface area (TPSA) is 26.3 Å². The van der Waals surface area contributed by atoms with Gasteiger partial charge in [0.05, 0.1) is 10.1 Å². The number of carbonyl (C=O) groups is 1. The lowest BCUT2D eigenvalue weighted by Gasteiger charge is -2.32. The summed E-state index contributed by atoms with van der Waals surface area (Å²) in [5, 5.41) is 0.0793. The van der Waals surface area contributed by atoms with Crippen molar-refractivity contribution in [1.82, 2.24) is 0 Å². The molecule has 0 aromatic rings. The van der Waals surface area contributed by atoms with Crippen molar-refractivity contribution in [3.05, 3.63) is 22.7 Å². The predicted molar refractivity (Wildman–Crippen MR) is 75.0 cm³/mol. The molecule has 0 aliphatic heterocycles. The fraction of sp³-hybridized carbons (Fsp3) is 0.500. The molecule has 2 rings (SSSR count). The van der Waals surface area contributed by atoms with E-state index in [1.165, 1.54) is 0 Å². The Hall–Kier alpha value is 0.690. The Labute approximate surface area is 134 Å². The molecule has 100 valence electrons. The fourth-order valence-electron chi connectivity index (χ4n) is 2.17. The van der Waals surface area contributed by atoms with Gasteiger partial charge in [0.2, 0.25) is 0 Å². The number of hydrogen-bond acceptors (Lipinski definition) is 2. The quantitative estimate of drug-likeness (QED) is 0.411. The summed E-state index contributed by atoms with van der Waals surface area (Å²) < 4.78 is 3.42. The molecular weight excluding hydrogens is 365 g/mol. The third-order valence-corrected chi connectivity index (χ3v) is 7.41. The van der Waals surface area contributed by atoms with Crippen molar-refractivity contribution in [2.45, 2.75) is 26.6 Å². The van der Waals surface area contributed by atoms with Gasteiger partial charge in [0.1, 0.15) is 11.0 Å². The van der Waals surface area contributed by atoms with Crippen LogP contribution in [0.1, 0.15) is 6.42 Å². The number of esters is 1. The molecule has 3 unspecified atom stereocenters. The molecule has 1 fully saturated rings. The third kappa shape index (κ3) is 1.54. The molecule has 2 bridgehead atoms. The van der Waals surface area contributed by atoms with Crippen molar-refractivity contribution in [2.75, 3.05) is 0 Å². The Bertz CT molecular complexity index is 473. The fourth-order valence-corrected chi connectivity index (χ4v) is 4.83. The van der Waals surface area contributed by atoms with E-state index in [0.717, 1.165) is 6.08 Å². The van der Waals surface area contributed by atoms with Crippen LogP contribution in [-0.4, -0.2) is 26.2 Å². The van der Waals surface area contributed by atoms with Gasteiger partial charge < -0.3 is 4.74 Å². The summed E-state index contributed by atoms with van der Waals surface area (Å²) in [4.78, 5) is 8.34. The minimum absolute atomic E-state index is 0.000976. The van der Waals surface area contributed by atoms with Gasteiger partial charge in [0, 0.05) is 12.5 Å². The first kappa shape index (κ1) is 15.1. The van der Waals surface area contributed by atoms with Crippen LogP contribution in [0.2, 0.25) is 0 Å². The summed E-state index contributed by atoms with van der Waals surface area (Å²) in [6, 6.07) is 0. The molecule has 2 nitrogen and oxygen atoms in total. The van der Waals surface area contributed by atoms with Gasteiger partial charge in [0.15, 0.2) is 9.21 Å². The number of hydrogen-bond donors (Lipinski definition) is 0. The predicted octanol–water partition coefficient (Wildman–Crippen LogP) is 4.32. The van der Waals surface area contributed by atoms with Crippen molar-refractivity contribution in [3.63, 3.8) is 0 Å². The van der Waals surface area contributed by atoms with Crippen molar-refractivity contribution < 1.29 is 9.53 Å². The lowest BCUT2D eigenvalue weighted by molar-refractivity contribution is -0.143. The molecule has 0 amide bonds. The summed E-state index contributed by atoms with van der Waals surface area (Å²) in [5.74, 6) is -0.669. The van der Waals surface area contributed by atoms with Gasteiger partial charge in [-0.15, -0.1) is 23.2 Å². The summed E-state index contributed by atoms with van der Waals surface area (Å²) in [6.07, 6.45) is 0.183. The first-order chi connectivity index (χ1) is 8.13. The van der Waals surface area contributed by atoms with E-state index >= 15 is 0 Å². The molecule has 0 spiro atoms. The Morgan fingerprint density at radius 3 is 2.22 bits per heavy atom. The highest BCUT2D eigenvalue weighted by Crippen LogP contribution is 2.72. The molecule has 0 radical (unpaired) electrons. The normalized spacial score (nSPS) is 41.1. The Morgan fingerprint density at radius 2 is 1.83 bits per heavy atom. The van der Waals surface area contributed by atoms with Crippen molar-refractivity contribution in [2.24, 2.45) is 0 Å². The third-order valence-electron chi connectivity index (χ3n) is 3.15. The van der Waals surface area contributed by atoms with Crippen molar-refractivity contribution in [1.29, 1.82) is 0 Å². The van der Waals surface area contributed by atoms with Crippen LogP contribution in [0.4, 0.5) is 0 Å². The number of alkyl halides is 4. The van der Waals surface area contributed by atoms with Gasteiger partial charge >= 0.3 is 5.97 Å². The van der Waals surface area contributed by atoms with Crippen LogP contribution in [0.5, 0.6) is 0 Å². The zero-order chi connectivity index (χ0) is 13.9. The number of halogens is 6. The van der Waals surface area contributed by atoms with Crippen LogP contribution in [0, 0.1) is 0 Å². The molecule has 0 saturated heterocycles. The molecule has 0 aromatic carbocycles. The molecule has 18 heavy (non-hydrogen) atoms. The Balaban J connectivity index is 2.49. The maximum absolute atomic E-state index is 11.3. The summed E-state index contributed by atoms with van der Waals surface area (Å²) in [7, 11) is 0. The highest BCUT2D eigenvalue weighted by atomic mass is 35.5. The lowest BCUT2D eigenvalue weighted by atomic mass is 10.0. The minimum atomic E-state index is -1.68. The van der Waals surface area contributed by atoms with Gasteiger partial charge in [-0.05, 0) is 0 Å². The van der Waals surface area contributed by atoms with Gasteiger partial charge in [-0.3, -0.25) is 0 Å². The van der Waals surface area contributed by atoms with Gasteiger partial charge in [-0.25, -0.2) is 4.79 Å². The smallest absolute Gasteiger partial charge is 0.330 e. The van der Waals surface area contributed by atoms with Gasteiger partial charge in [0.25, 0.3) is 0 Å². The monoisotopic (exact) mass is 368 g/mol. The average Bonchev–Trinajstić information content (AvgIpc) is 2.51. The molecule has 3 atom stereocenters. The highest BCUT2D eigenvalue weighted by molar-refractivity contribution is 6.65. The van der Waals surface area contributed by atoms with Crippen molar-refractivity contribution in [3.8, 4) is 0 Å². The number of rotatable bonds is 2. The molecule has 0 N–H and O–H groups in total. The van der Waals surface area contributed by atoms with E-state index in [1.54, 1.807) is 0 Å².